The molecule has 27 heavy (non-hydrogen) atoms. The predicted octanol–water partition coefficient (Wildman–Crippen LogP) is 4.39. The van der Waals surface area contributed by atoms with Gasteiger partial charge in [-0.15, -0.1) is 0 Å². The molecule has 2 aromatic rings. The first-order chi connectivity index (χ1) is 12.8. The number of carbonyl (C=O) groups excluding carboxylic acids is 2. The van der Waals surface area contributed by atoms with Gasteiger partial charge in [0, 0.05) is 23.2 Å². The molecule has 0 heterocycles. The number of hydrogen-bond donors (Lipinski definition) is 2. The van der Waals surface area contributed by atoms with Crippen molar-refractivity contribution in [1.29, 1.82) is 0 Å². The molecular formula is C22H28N2O3. The maximum Gasteiger partial charge on any atom is 0.251 e. The van der Waals surface area contributed by atoms with Crippen LogP contribution in [0.1, 0.15) is 50.0 Å². The molecule has 0 atom stereocenters. The van der Waals surface area contributed by atoms with Crippen LogP contribution in [0.5, 0.6) is 5.75 Å². The summed E-state index contributed by atoms with van der Waals surface area (Å²) in [6.45, 7) is 8.71. The van der Waals surface area contributed by atoms with E-state index in [4.69, 9.17) is 4.74 Å². The normalized spacial score (nSPS) is 11.0. The molecule has 2 N–H and O–H groups in total. The average molecular weight is 368 g/mol. The van der Waals surface area contributed by atoms with E-state index in [1.807, 2.05) is 45.0 Å². The number of amides is 2. The minimum Gasteiger partial charge on any atom is -0.494 e. The van der Waals surface area contributed by atoms with Crippen LogP contribution in [0, 0.1) is 5.41 Å². The molecule has 0 bridgehead atoms. The number of hydrogen-bond acceptors (Lipinski definition) is 3. The second kappa shape index (κ2) is 9.21. The first-order valence-electron chi connectivity index (χ1n) is 9.21. The van der Waals surface area contributed by atoms with Crippen molar-refractivity contribution in [3.63, 3.8) is 0 Å². The van der Waals surface area contributed by atoms with E-state index in [1.165, 1.54) is 0 Å². The Morgan fingerprint density at radius 2 is 1.74 bits per heavy atom. The summed E-state index contributed by atoms with van der Waals surface area (Å²) in [6, 6.07) is 14.6. The lowest BCUT2D eigenvalue weighted by atomic mass is 9.95. The van der Waals surface area contributed by atoms with Crippen molar-refractivity contribution in [3.8, 4) is 5.75 Å². The minimum atomic E-state index is -0.495. The van der Waals surface area contributed by atoms with Crippen LogP contribution in [0.3, 0.4) is 0 Å². The molecule has 0 saturated carbocycles. The SMILES string of the molecule is CCCOc1ccc(CNC(=O)c2cccc(NC(=O)C(C)(C)C)c2)cc1. The van der Waals surface area contributed by atoms with Gasteiger partial charge >= 0.3 is 0 Å². The zero-order valence-corrected chi connectivity index (χ0v) is 16.5. The average Bonchev–Trinajstić information content (AvgIpc) is 2.64. The highest BCUT2D eigenvalue weighted by Crippen LogP contribution is 2.18. The van der Waals surface area contributed by atoms with Crippen LogP contribution >= 0.6 is 0 Å². The zero-order chi connectivity index (χ0) is 19.9. The monoisotopic (exact) mass is 368 g/mol. The van der Waals surface area contributed by atoms with E-state index in [0.29, 0.717) is 24.4 Å². The number of anilines is 1. The van der Waals surface area contributed by atoms with Crippen LogP contribution in [0.25, 0.3) is 0 Å². The van der Waals surface area contributed by atoms with Crippen LogP contribution in [0.2, 0.25) is 0 Å². The molecule has 144 valence electrons. The first kappa shape index (κ1) is 20.5. The summed E-state index contributed by atoms with van der Waals surface area (Å²) in [5.74, 6) is 0.549. The van der Waals surface area contributed by atoms with Crippen molar-refractivity contribution in [2.45, 2.75) is 40.7 Å². The molecular weight excluding hydrogens is 340 g/mol. The Balaban J connectivity index is 1.94. The Morgan fingerprint density at radius 1 is 1.04 bits per heavy atom. The van der Waals surface area contributed by atoms with Crippen molar-refractivity contribution < 1.29 is 14.3 Å². The van der Waals surface area contributed by atoms with Crippen LogP contribution in [0.15, 0.2) is 48.5 Å². The van der Waals surface area contributed by atoms with Gasteiger partial charge in [-0.3, -0.25) is 9.59 Å². The fourth-order valence-corrected chi connectivity index (χ4v) is 2.26. The quantitative estimate of drug-likeness (QED) is 0.762. The van der Waals surface area contributed by atoms with Crippen molar-refractivity contribution in [2.75, 3.05) is 11.9 Å². The lowest BCUT2D eigenvalue weighted by Crippen LogP contribution is -2.28. The smallest absolute Gasteiger partial charge is 0.251 e. The third-order valence-corrected chi connectivity index (χ3v) is 3.91. The number of nitrogens with one attached hydrogen (secondary N) is 2. The van der Waals surface area contributed by atoms with Crippen molar-refractivity contribution in [2.24, 2.45) is 5.41 Å². The molecule has 0 aromatic heterocycles. The van der Waals surface area contributed by atoms with Crippen molar-refractivity contribution in [1.82, 2.24) is 5.32 Å². The van der Waals surface area contributed by atoms with Crippen LogP contribution in [-0.2, 0) is 11.3 Å². The molecule has 2 aromatic carbocycles. The highest BCUT2D eigenvalue weighted by molar-refractivity contribution is 5.98. The van der Waals surface area contributed by atoms with Crippen molar-refractivity contribution in [3.05, 3.63) is 59.7 Å². The molecule has 0 radical (unpaired) electrons. The van der Waals surface area contributed by atoms with Crippen LogP contribution < -0.4 is 15.4 Å². The van der Waals surface area contributed by atoms with E-state index < -0.39 is 5.41 Å². The van der Waals surface area contributed by atoms with Gasteiger partial charge in [-0.05, 0) is 42.3 Å². The number of rotatable bonds is 7. The topological polar surface area (TPSA) is 67.4 Å². The zero-order valence-electron chi connectivity index (χ0n) is 16.5. The van der Waals surface area contributed by atoms with E-state index >= 15 is 0 Å². The highest BCUT2D eigenvalue weighted by Gasteiger charge is 2.21. The maximum atomic E-state index is 12.4. The molecule has 5 heteroatoms. The number of carbonyl (C=O) groups is 2. The molecule has 0 aliphatic carbocycles. The standard InChI is InChI=1S/C22H28N2O3/c1-5-13-27-19-11-9-16(10-12-19)15-23-20(25)17-7-6-8-18(14-17)24-21(26)22(2,3)4/h6-12,14H,5,13,15H2,1-4H3,(H,23,25)(H,24,26). The summed E-state index contributed by atoms with van der Waals surface area (Å²) in [5, 5.41) is 5.74. The highest BCUT2D eigenvalue weighted by atomic mass is 16.5. The second-order valence-corrected chi connectivity index (χ2v) is 7.46. The molecule has 0 aliphatic heterocycles. The summed E-state index contributed by atoms with van der Waals surface area (Å²) in [6.07, 6.45) is 0.965. The van der Waals surface area contributed by atoms with E-state index in [-0.39, 0.29) is 11.8 Å². The molecule has 0 saturated heterocycles. The van der Waals surface area contributed by atoms with Gasteiger partial charge in [0.1, 0.15) is 5.75 Å². The van der Waals surface area contributed by atoms with E-state index in [1.54, 1.807) is 24.3 Å². The second-order valence-electron chi connectivity index (χ2n) is 7.46. The molecule has 2 rings (SSSR count). The van der Waals surface area contributed by atoms with Gasteiger partial charge in [0.2, 0.25) is 5.91 Å². The van der Waals surface area contributed by atoms with Crippen LogP contribution in [-0.4, -0.2) is 18.4 Å². The fraction of sp³-hybridized carbons (Fsp3) is 0.364. The lowest BCUT2D eigenvalue weighted by Gasteiger charge is -2.18. The summed E-state index contributed by atoms with van der Waals surface area (Å²) in [5.41, 5.74) is 1.61. The Kier molecular flexibility index (Phi) is 6.99. The van der Waals surface area contributed by atoms with Gasteiger partial charge in [-0.1, -0.05) is 45.9 Å². The molecule has 0 fully saturated rings. The molecule has 5 nitrogen and oxygen atoms in total. The number of ether oxygens (including phenoxy) is 1. The fourth-order valence-electron chi connectivity index (χ4n) is 2.26. The molecule has 0 aliphatic rings. The summed E-state index contributed by atoms with van der Waals surface area (Å²) in [4.78, 5) is 24.5. The van der Waals surface area contributed by atoms with Gasteiger partial charge in [-0.25, -0.2) is 0 Å². The molecule has 0 spiro atoms. The van der Waals surface area contributed by atoms with E-state index in [2.05, 4.69) is 17.6 Å². The third-order valence-electron chi connectivity index (χ3n) is 3.91. The van der Waals surface area contributed by atoms with Gasteiger partial charge in [0.25, 0.3) is 5.91 Å². The van der Waals surface area contributed by atoms with Gasteiger partial charge in [0.15, 0.2) is 0 Å². The Bertz CT molecular complexity index is 777. The van der Waals surface area contributed by atoms with Gasteiger partial charge in [0.05, 0.1) is 6.61 Å². The maximum absolute atomic E-state index is 12.4. The summed E-state index contributed by atoms with van der Waals surface area (Å²) in [7, 11) is 0. The van der Waals surface area contributed by atoms with Gasteiger partial charge < -0.3 is 15.4 Å². The molecule has 2 amide bonds. The number of benzene rings is 2. The predicted molar refractivity (Wildman–Crippen MR) is 108 cm³/mol. The first-order valence-corrected chi connectivity index (χ1v) is 9.21. The van der Waals surface area contributed by atoms with Crippen molar-refractivity contribution >= 4 is 17.5 Å². The Labute approximate surface area is 161 Å². The van der Waals surface area contributed by atoms with Gasteiger partial charge in [-0.2, -0.15) is 0 Å². The van der Waals surface area contributed by atoms with E-state index in [9.17, 15) is 9.59 Å². The summed E-state index contributed by atoms with van der Waals surface area (Å²) < 4.78 is 5.55. The minimum absolute atomic E-state index is 0.0922. The van der Waals surface area contributed by atoms with Crippen LogP contribution in [0.4, 0.5) is 5.69 Å². The molecule has 0 unspecified atom stereocenters. The van der Waals surface area contributed by atoms with E-state index in [0.717, 1.165) is 17.7 Å². The lowest BCUT2D eigenvalue weighted by molar-refractivity contribution is -0.123. The third kappa shape index (κ3) is 6.44. The largest absolute Gasteiger partial charge is 0.494 e. The summed E-state index contributed by atoms with van der Waals surface area (Å²) >= 11 is 0. The Morgan fingerprint density at radius 3 is 2.37 bits per heavy atom. The Hall–Kier alpha value is -2.82.